The highest BCUT2D eigenvalue weighted by Gasteiger charge is 2.21. The van der Waals surface area contributed by atoms with E-state index in [4.69, 9.17) is 5.73 Å². The van der Waals surface area contributed by atoms with Crippen LogP contribution >= 0.6 is 11.8 Å². The summed E-state index contributed by atoms with van der Waals surface area (Å²) in [5, 5.41) is 4.00. The molecule has 0 saturated carbocycles. The molecule has 0 fully saturated rings. The number of anilines is 1. The Kier molecular flexibility index (Phi) is 6.15. The van der Waals surface area contributed by atoms with Gasteiger partial charge in [0.05, 0.1) is 0 Å². The van der Waals surface area contributed by atoms with Crippen LogP contribution in [0.4, 0.5) is 5.82 Å². The molecule has 6 nitrogen and oxygen atoms in total. The molecule has 1 aromatic heterocycles. The van der Waals surface area contributed by atoms with Crippen LogP contribution in [0.3, 0.4) is 0 Å². The van der Waals surface area contributed by atoms with Crippen LogP contribution in [0.2, 0.25) is 0 Å². The molecule has 19 heavy (non-hydrogen) atoms. The van der Waals surface area contributed by atoms with E-state index >= 15 is 0 Å². The number of nitrogens with two attached hydrogens (primary N) is 1. The predicted octanol–water partition coefficient (Wildman–Crippen LogP) is 1.15. The molecular weight excluding hydrogens is 284 g/mol. The molecule has 0 aliphatic rings. The van der Waals surface area contributed by atoms with E-state index in [9.17, 15) is 8.42 Å². The monoisotopic (exact) mass is 306 g/mol. The van der Waals surface area contributed by atoms with Crippen molar-refractivity contribution in [2.75, 3.05) is 24.3 Å². The molecule has 0 aliphatic carbocycles. The molecule has 0 aromatic carbocycles. The Balaban J connectivity index is 2.76. The van der Waals surface area contributed by atoms with E-state index in [0.29, 0.717) is 13.1 Å². The van der Waals surface area contributed by atoms with E-state index in [1.54, 1.807) is 16.4 Å². The minimum absolute atomic E-state index is 0.0541. The third kappa shape index (κ3) is 4.70. The van der Waals surface area contributed by atoms with Crippen molar-refractivity contribution in [2.24, 2.45) is 5.92 Å². The van der Waals surface area contributed by atoms with E-state index in [-0.39, 0.29) is 16.6 Å². The van der Waals surface area contributed by atoms with Gasteiger partial charge < -0.3 is 5.73 Å². The van der Waals surface area contributed by atoms with E-state index in [1.165, 1.54) is 6.20 Å². The fourth-order valence-electron chi connectivity index (χ4n) is 1.64. The van der Waals surface area contributed by atoms with Gasteiger partial charge in [-0.3, -0.25) is 4.68 Å². The fourth-order valence-corrected chi connectivity index (χ4v) is 3.56. The Labute approximate surface area is 119 Å². The number of nitrogens with zero attached hydrogens (tertiary/aromatic N) is 2. The number of nitrogens with one attached hydrogen (secondary N) is 1. The van der Waals surface area contributed by atoms with Crippen LogP contribution in [-0.2, 0) is 16.6 Å². The van der Waals surface area contributed by atoms with Gasteiger partial charge in [0.15, 0.2) is 5.82 Å². The molecule has 0 amide bonds. The maximum atomic E-state index is 12.1. The van der Waals surface area contributed by atoms with Crippen LogP contribution in [0.1, 0.15) is 20.3 Å². The number of thioether (sulfide) groups is 1. The molecule has 1 aromatic rings. The molecule has 0 radical (unpaired) electrons. The first kappa shape index (κ1) is 16.3. The Morgan fingerprint density at radius 2 is 2.26 bits per heavy atom. The molecular formula is C11H22N4O2S2. The topological polar surface area (TPSA) is 90.0 Å². The molecule has 8 heteroatoms. The van der Waals surface area contributed by atoms with Crippen molar-refractivity contribution < 1.29 is 8.42 Å². The number of sulfonamides is 1. The number of nitrogen functional groups attached to an aromatic ring is 1. The van der Waals surface area contributed by atoms with Crippen molar-refractivity contribution in [3.05, 3.63) is 6.20 Å². The van der Waals surface area contributed by atoms with Gasteiger partial charge in [0.1, 0.15) is 4.90 Å². The highest BCUT2D eigenvalue weighted by molar-refractivity contribution is 7.98. The van der Waals surface area contributed by atoms with Gasteiger partial charge in [0.25, 0.3) is 0 Å². The lowest BCUT2D eigenvalue weighted by Gasteiger charge is -2.10. The van der Waals surface area contributed by atoms with Crippen molar-refractivity contribution in [3.8, 4) is 0 Å². The molecule has 1 rings (SSSR count). The standard InChI is InChI=1S/C11H22N4O2S2/c1-4-5-15-7-10(11(12)14-15)19(16,17)13-6-9(2)8-18-3/h7,9,13H,4-6,8H2,1-3H3,(H2,12,14). The first-order valence-corrected chi connectivity index (χ1v) is 9.10. The summed E-state index contributed by atoms with van der Waals surface area (Å²) < 4.78 is 28.4. The first-order chi connectivity index (χ1) is 8.90. The second-order valence-electron chi connectivity index (χ2n) is 4.55. The van der Waals surface area contributed by atoms with Crippen molar-refractivity contribution in [1.29, 1.82) is 0 Å². The second kappa shape index (κ2) is 7.16. The lowest BCUT2D eigenvalue weighted by atomic mass is 10.2. The van der Waals surface area contributed by atoms with Gasteiger partial charge in [-0.2, -0.15) is 16.9 Å². The summed E-state index contributed by atoms with van der Waals surface area (Å²) in [5.41, 5.74) is 5.67. The summed E-state index contributed by atoms with van der Waals surface area (Å²) in [6, 6.07) is 0. The van der Waals surface area contributed by atoms with Crippen LogP contribution in [-0.4, -0.2) is 36.8 Å². The van der Waals surface area contributed by atoms with Gasteiger partial charge in [-0.15, -0.1) is 0 Å². The SMILES string of the molecule is CCCn1cc(S(=O)(=O)NCC(C)CSC)c(N)n1. The van der Waals surface area contributed by atoms with Crippen LogP contribution < -0.4 is 10.5 Å². The summed E-state index contributed by atoms with van der Waals surface area (Å²) in [4.78, 5) is 0.0669. The van der Waals surface area contributed by atoms with Gasteiger partial charge in [0.2, 0.25) is 10.0 Å². The zero-order valence-electron chi connectivity index (χ0n) is 11.6. The quantitative estimate of drug-likeness (QED) is 0.752. The van der Waals surface area contributed by atoms with E-state index < -0.39 is 10.0 Å². The number of rotatable bonds is 8. The van der Waals surface area contributed by atoms with Crippen molar-refractivity contribution in [2.45, 2.75) is 31.7 Å². The predicted molar refractivity (Wildman–Crippen MR) is 79.7 cm³/mol. The fraction of sp³-hybridized carbons (Fsp3) is 0.727. The highest BCUT2D eigenvalue weighted by atomic mass is 32.2. The lowest BCUT2D eigenvalue weighted by Crippen LogP contribution is -2.29. The van der Waals surface area contributed by atoms with Gasteiger partial charge in [-0.05, 0) is 24.3 Å². The summed E-state index contributed by atoms with van der Waals surface area (Å²) in [6.45, 7) is 5.06. The summed E-state index contributed by atoms with van der Waals surface area (Å²) in [7, 11) is -3.57. The minimum Gasteiger partial charge on any atom is -0.381 e. The normalized spacial score (nSPS) is 13.6. The number of hydrogen-bond acceptors (Lipinski definition) is 5. The molecule has 0 bridgehead atoms. The minimum atomic E-state index is -3.57. The first-order valence-electron chi connectivity index (χ1n) is 6.22. The van der Waals surface area contributed by atoms with Gasteiger partial charge in [-0.25, -0.2) is 13.1 Å². The van der Waals surface area contributed by atoms with E-state index in [0.717, 1.165) is 12.2 Å². The summed E-state index contributed by atoms with van der Waals surface area (Å²) in [6.07, 6.45) is 4.36. The Morgan fingerprint density at radius 3 is 2.84 bits per heavy atom. The second-order valence-corrected chi connectivity index (χ2v) is 7.20. The molecule has 110 valence electrons. The zero-order chi connectivity index (χ0) is 14.5. The van der Waals surface area contributed by atoms with Gasteiger partial charge >= 0.3 is 0 Å². The third-order valence-electron chi connectivity index (χ3n) is 2.57. The molecule has 1 unspecified atom stereocenters. The zero-order valence-corrected chi connectivity index (χ0v) is 13.2. The molecule has 1 heterocycles. The average Bonchev–Trinajstić information content (AvgIpc) is 2.70. The summed E-state index contributed by atoms with van der Waals surface area (Å²) >= 11 is 1.69. The van der Waals surface area contributed by atoms with Crippen LogP contribution in [0, 0.1) is 5.92 Å². The average molecular weight is 306 g/mol. The van der Waals surface area contributed by atoms with Crippen LogP contribution in [0.5, 0.6) is 0 Å². The van der Waals surface area contributed by atoms with Gasteiger partial charge in [0, 0.05) is 19.3 Å². The van der Waals surface area contributed by atoms with Crippen molar-refractivity contribution in [3.63, 3.8) is 0 Å². The molecule has 0 aliphatic heterocycles. The molecule has 0 saturated heterocycles. The highest BCUT2D eigenvalue weighted by Crippen LogP contribution is 2.16. The van der Waals surface area contributed by atoms with Crippen molar-refractivity contribution in [1.82, 2.24) is 14.5 Å². The Bertz CT molecular complexity index is 499. The maximum absolute atomic E-state index is 12.1. The largest absolute Gasteiger partial charge is 0.381 e. The third-order valence-corrected chi connectivity index (χ3v) is 4.91. The molecule has 1 atom stereocenters. The lowest BCUT2D eigenvalue weighted by molar-refractivity contribution is 0.562. The summed E-state index contributed by atoms with van der Waals surface area (Å²) in [5.74, 6) is 1.24. The van der Waals surface area contributed by atoms with Gasteiger partial charge in [-0.1, -0.05) is 13.8 Å². The molecule has 3 N–H and O–H groups in total. The smallest absolute Gasteiger partial charge is 0.245 e. The van der Waals surface area contributed by atoms with E-state index in [2.05, 4.69) is 9.82 Å². The molecule has 0 spiro atoms. The Morgan fingerprint density at radius 1 is 1.58 bits per heavy atom. The number of aromatic nitrogens is 2. The van der Waals surface area contributed by atoms with Crippen LogP contribution in [0.15, 0.2) is 11.1 Å². The van der Waals surface area contributed by atoms with E-state index in [1.807, 2.05) is 20.1 Å². The van der Waals surface area contributed by atoms with Crippen molar-refractivity contribution >= 4 is 27.6 Å². The number of hydrogen-bond donors (Lipinski definition) is 2. The number of aryl methyl sites for hydroxylation is 1. The van der Waals surface area contributed by atoms with Crippen LogP contribution in [0.25, 0.3) is 0 Å². The maximum Gasteiger partial charge on any atom is 0.245 e. The Hall–Kier alpha value is -0.730.